The SMILES string of the molecule is O=S(=O)(c1nccs1)c1c(F)cc(NCc2c(F)ccc(F)c2CN2CCC2)c(F)c1F. The van der Waals surface area contributed by atoms with Crippen molar-refractivity contribution in [3.63, 3.8) is 0 Å². The van der Waals surface area contributed by atoms with Crippen LogP contribution in [0.4, 0.5) is 27.6 Å². The third kappa shape index (κ3) is 4.09. The van der Waals surface area contributed by atoms with Crippen LogP contribution in [0.1, 0.15) is 17.5 Å². The average Bonchev–Trinajstić information content (AvgIpc) is 3.25. The molecule has 1 saturated heterocycles. The number of nitrogens with zero attached hydrogens (tertiary/aromatic N) is 2. The Morgan fingerprint density at radius 2 is 1.69 bits per heavy atom. The van der Waals surface area contributed by atoms with E-state index in [4.69, 9.17) is 0 Å². The molecule has 0 atom stereocenters. The second-order valence-electron chi connectivity index (χ2n) is 7.13. The van der Waals surface area contributed by atoms with Crippen molar-refractivity contribution in [1.29, 1.82) is 0 Å². The molecule has 1 aliphatic rings. The Labute approximate surface area is 184 Å². The molecule has 1 fully saturated rings. The van der Waals surface area contributed by atoms with Crippen LogP contribution in [0.15, 0.2) is 39.0 Å². The molecule has 5 nitrogen and oxygen atoms in total. The van der Waals surface area contributed by atoms with E-state index in [1.165, 1.54) is 5.38 Å². The lowest BCUT2D eigenvalue weighted by Crippen LogP contribution is -2.37. The summed E-state index contributed by atoms with van der Waals surface area (Å²) in [4.78, 5) is 3.94. The molecule has 3 aromatic rings. The number of aromatic nitrogens is 1. The Morgan fingerprint density at radius 1 is 1.00 bits per heavy atom. The Morgan fingerprint density at radius 3 is 2.28 bits per heavy atom. The first kappa shape index (κ1) is 22.6. The highest BCUT2D eigenvalue weighted by molar-refractivity contribution is 7.93. The number of thiazole rings is 1. The van der Waals surface area contributed by atoms with Gasteiger partial charge in [-0.05, 0) is 31.6 Å². The van der Waals surface area contributed by atoms with Gasteiger partial charge in [0, 0.05) is 41.9 Å². The molecule has 0 spiro atoms. The summed E-state index contributed by atoms with van der Waals surface area (Å²) in [6, 6.07) is 2.35. The van der Waals surface area contributed by atoms with Crippen molar-refractivity contribution in [2.45, 2.75) is 28.7 Å². The lowest BCUT2D eigenvalue weighted by atomic mass is 10.0. The third-order valence-corrected chi connectivity index (χ3v) is 8.12. The van der Waals surface area contributed by atoms with Crippen LogP contribution in [0.5, 0.6) is 0 Å². The molecule has 12 heteroatoms. The quantitative estimate of drug-likeness (QED) is 0.392. The zero-order valence-electron chi connectivity index (χ0n) is 16.3. The van der Waals surface area contributed by atoms with Crippen LogP contribution in [-0.2, 0) is 22.9 Å². The van der Waals surface area contributed by atoms with Crippen molar-refractivity contribution < 1.29 is 30.4 Å². The van der Waals surface area contributed by atoms with Crippen molar-refractivity contribution in [1.82, 2.24) is 9.88 Å². The van der Waals surface area contributed by atoms with E-state index in [-0.39, 0.29) is 17.7 Å². The summed E-state index contributed by atoms with van der Waals surface area (Å²) in [5, 5.41) is 3.65. The monoisotopic (exact) mass is 489 g/mol. The molecule has 0 bridgehead atoms. The van der Waals surface area contributed by atoms with Crippen LogP contribution in [0.25, 0.3) is 0 Å². The molecule has 0 amide bonds. The average molecular weight is 489 g/mol. The molecule has 170 valence electrons. The third-order valence-electron chi connectivity index (χ3n) is 5.13. The van der Waals surface area contributed by atoms with Gasteiger partial charge in [-0.2, -0.15) is 0 Å². The van der Waals surface area contributed by atoms with E-state index >= 15 is 0 Å². The Balaban J connectivity index is 1.65. The number of sulfone groups is 1. The van der Waals surface area contributed by atoms with Crippen LogP contribution in [-0.4, -0.2) is 31.4 Å². The molecular weight excluding hydrogens is 473 g/mol. The van der Waals surface area contributed by atoms with Gasteiger partial charge in [-0.3, -0.25) is 4.90 Å². The Bertz CT molecular complexity index is 1260. The topological polar surface area (TPSA) is 62.3 Å². The van der Waals surface area contributed by atoms with Crippen LogP contribution in [0, 0.1) is 29.1 Å². The molecule has 1 N–H and O–H groups in total. The van der Waals surface area contributed by atoms with Gasteiger partial charge in [-0.1, -0.05) is 0 Å². The van der Waals surface area contributed by atoms with Gasteiger partial charge in [0.15, 0.2) is 11.6 Å². The molecule has 1 aliphatic heterocycles. The number of anilines is 1. The highest BCUT2D eigenvalue weighted by Crippen LogP contribution is 2.32. The van der Waals surface area contributed by atoms with E-state index < -0.39 is 60.4 Å². The summed E-state index contributed by atoms with van der Waals surface area (Å²) in [6.45, 7) is 1.11. The van der Waals surface area contributed by atoms with E-state index in [0.717, 1.165) is 37.8 Å². The van der Waals surface area contributed by atoms with Crippen molar-refractivity contribution in [2.24, 2.45) is 0 Å². The smallest absolute Gasteiger partial charge is 0.239 e. The first-order chi connectivity index (χ1) is 15.2. The minimum atomic E-state index is -4.72. The Kier molecular flexibility index (Phi) is 6.19. The second-order valence-corrected chi connectivity index (χ2v) is 10.1. The second kappa shape index (κ2) is 8.75. The van der Waals surface area contributed by atoms with Crippen molar-refractivity contribution >= 4 is 26.9 Å². The molecule has 0 saturated carbocycles. The lowest BCUT2D eigenvalue weighted by molar-refractivity contribution is 0.169. The summed E-state index contributed by atoms with van der Waals surface area (Å²) in [5.41, 5.74) is -0.783. The summed E-state index contributed by atoms with van der Waals surface area (Å²) in [6.07, 6.45) is 2.06. The summed E-state index contributed by atoms with van der Waals surface area (Å²) < 4.78 is 96.7. The van der Waals surface area contributed by atoms with Crippen LogP contribution >= 0.6 is 11.3 Å². The highest BCUT2D eigenvalue weighted by atomic mass is 32.2. The first-order valence-electron chi connectivity index (χ1n) is 9.44. The van der Waals surface area contributed by atoms with Gasteiger partial charge in [-0.15, -0.1) is 11.3 Å². The fourth-order valence-corrected chi connectivity index (χ4v) is 5.63. The normalized spacial score (nSPS) is 14.4. The fourth-order valence-electron chi connectivity index (χ4n) is 3.33. The molecule has 0 unspecified atom stereocenters. The van der Waals surface area contributed by atoms with E-state index in [0.29, 0.717) is 17.4 Å². The Hall–Kier alpha value is -2.57. The van der Waals surface area contributed by atoms with Gasteiger partial charge in [-0.25, -0.2) is 35.4 Å². The van der Waals surface area contributed by atoms with Crippen molar-refractivity contribution in [2.75, 3.05) is 18.4 Å². The number of hydrogen-bond acceptors (Lipinski definition) is 6. The maximum absolute atomic E-state index is 14.6. The molecule has 2 heterocycles. The maximum atomic E-state index is 14.6. The zero-order chi connectivity index (χ0) is 23.0. The molecule has 0 radical (unpaired) electrons. The fraction of sp³-hybridized carbons (Fsp3) is 0.250. The predicted octanol–water partition coefficient (Wildman–Crippen LogP) is 4.49. The molecule has 32 heavy (non-hydrogen) atoms. The molecule has 4 rings (SSSR count). The predicted molar refractivity (Wildman–Crippen MR) is 107 cm³/mol. The number of benzene rings is 2. The van der Waals surface area contributed by atoms with Gasteiger partial charge >= 0.3 is 0 Å². The largest absolute Gasteiger partial charge is 0.378 e. The van der Waals surface area contributed by atoms with Gasteiger partial charge in [0.1, 0.15) is 22.3 Å². The molecule has 2 aromatic carbocycles. The molecule has 0 aliphatic carbocycles. The molecule has 1 aromatic heterocycles. The van der Waals surface area contributed by atoms with Gasteiger partial charge in [0.25, 0.3) is 0 Å². The number of hydrogen-bond donors (Lipinski definition) is 1. The summed E-state index contributed by atoms with van der Waals surface area (Å²) in [5.74, 6) is -6.55. The van der Waals surface area contributed by atoms with Crippen LogP contribution < -0.4 is 5.32 Å². The molecular formula is C20H16F5N3O2S2. The van der Waals surface area contributed by atoms with Crippen LogP contribution in [0.2, 0.25) is 0 Å². The highest BCUT2D eigenvalue weighted by Gasteiger charge is 2.32. The number of rotatable bonds is 7. The number of nitrogens with one attached hydrogen (secondary N) is 1. The van der Waals surface area contributed by atoms with E-state index in [1.807, 2.05) is 4.90 Å². The number of likely N-dealkylation sites (tertiary alicyclic amines) is 1. The van der Waals surface area contributed by atoms with Crippen molar-refractivity contribution in [3.8, 4) is 0 Å². The van der Waals surface area contributed by atoms with Crippen molar-refractivity contribution in [3.05, 3.63) is 70.0 Å². The van der Waals surface area contributed by atoms with E-state index in [2.05, 4.69) is 10.3 Å². The standard InChI is InChI=1S/C20H16F5N3O2S2/c21-13-2-3-14(22)12(10-28-5-1-6-28)11(13)9-27-16-8-15(23)19(18(25)17(16)24)32(29,30)20-26-4-7-31-20/h2-4,7-8,27H,1,5-6,9-10H2. The van der Waals surface area contributed by atoms with E-state index in [1.54, 1.807) is 0 Å². The zero-order valence-corrected chi connectivity index (χ0v) is 18.0. The van der Waals surface area contributed by atoms with Gasteiger partial charge in [0.2, 0.25) is 14.2 Å². The summed E-state index contributed by atoms with van der Waals surface area (Å²) >= 11 is 0.624. The maximum Gasteiger partial charge on any atom is 0.239 e. The summed E-state index contributed by atoms with van der Waals surface area (Å²) in [7, 11) is -4.72. The van der Waals surface area contributed by atoms with Crippen LogP contribution in [0.3, 0.4) is 0 Å². The minimum absolute atomic E-state index is 0.0570. The number of halogens is 5. The van der Waals surface area contributed by atoms with E-state index in [9.17, 15) is 30.4 Å². The minimum Gasteiger partial charge on any atom is -0.378 e. The first-order valence-corrected chi connectivity index (χ1v) is 11.8. The van der Waals surface area contributed by atoms with Gasteiger partial charge in [0.05, 0.1) is 5.69 Å². The lowest BCUT2D eigenvalue weighted by Gasteiger charge is -2.31. The van der Waals surface area contributed by atoms with Gasteiger partial charge < -0.3 is 5.32 Å².